The SMILES string of the molecule is c1ccc(-c2noc(C3CCN(c4nc(-c5ccncc5)nc5c4CCC5)CC3)n2)cc1. The van der Waals surface area contributed by atoms with Crippen LogP contribution in [0.25, 0.3) is 22.8 Å². The molecule has 3 aromatic heterocycles. The molecule has 0 amide bonds. The van der Waals surface area contributed by atoms with E-state index < -0.39 is 0 Å². The molecule has 1 fully saturated rings. The van der Waals surface area contributed by atoms with Crippen LogP contribution >= 0.6 is 0 Å². The molecule has 1 aliphatic carbocycles. The Hall–Kier alpha value is -3.61. The number of fused-ring (bicyclic) bond motifs is 1. The van der Waals surface area contributed by atoms with Crippen molar-refractivity contribution in [2.24, 2.45) is 0 Å². The van der Waals surface area contributed by atoms with E-state index in [9.17, 15) is 0 Å². The molecular weight excluding hydrogens is 400 g/mol. The van der Waals surface area contributed by atoms with E-state index in [1.807, 2.05) is 42.5 Å². The molecule has 1 aliphatic heterocycles. The molecule has 0 saturated carbocycles. The van der Waals surface area contributed by atoms with E-state index in [1.165, 1.54) is 11.3 Å². The standard InChI is InChI=1S/C25H24N6O/c1-2-5-17(6-3-1)23-29-25(32-30-23)19-11-15-31(16-12-19)24-20-7-4-8-21(20)27-22(28-24)18-9-13-26-14-10-18/h1-3,5-6,9-10,13-14,19H,4,7-8,11-12,15-16H2. The maximum absolute atomic E-state index is 5.64. The Kier molecular flexibility index (Phi) is 4.86. The maximum Gasteiger partial charge on any atom is 0.230 e. The van der Waals surface area contributed by atoms with Gasteiger partial charge in [-0.05, 0) is 44.2 Å². The van der Waals surface area contributed by atoms with Crippen molar-refractivity contribution in [3.8, 4) is 22.8 Å². The first-order valence-electron chi connectivity index (χ1n) is 11.3. The molecule has 0 N–H and O–H groups in total. The maximum atomic E-state index is 5.64. The number of hydrogen-bond acceptors (Lipinski definition) is 7. The predicted octanol–water partition coefficient (Wildman–Crippen LogP) is 4.46. The minimum Gasteiger partial charge on any atom is -0.356 e. The second-order valence-corrected chi connectivity index (χ2v) is 8.47. The second-order valence-electron chi connectivity index (χ2n) is 8.47. The van der Waals surface area contributed by atoms with Gasteiger partial charge in [-0.1, -0.05) is 35.5 Å². The minimum atomic E-state index is 0.283. The molecule has 7 heteroatoms. The number of rotatable bonds is 4. The van der Waals surface area contributed by atoms with Crippen molar-refractivity contribution in [3.63, 3.8) is 0 Å². The van der Waals surface area contributed by atoms with E-state index in [1.54, 1.807) is 12.4 Å². The molecular formula is C25H24N6O. The first-order valence-corrected chi connectivity index (χ1v) is 11.3. The summed E-state index contributed by atoms with van der Waals surface area (Å²) in [6.07, 6.45) is 8.78. The van der Waals surface area contributed by atoms with Crippen molar-refractivity contribution < 1.29 is 4.52 Å². The van der Waals surface area contributed by atoms with Crippen LogP contribution in [-0.4, -0.2) is 38.2 Å². The molecule has 160 valence electrons. The van der Waals surface area contributed by atoms with Gasteiger partial charge >= 0.3 is 0 Å². The van der Waals surface area contributed by atoms with Crippen LogP contribution < -0.4 is 4.90 Å². The molecule has 7 nitrogen and oxygen atoms in total. The van der Waals surface area contributed by atoms with Gasteiger partial charge in [-0.3, -0.25) is 4.98 Å². The lowest BCUT2D eigenvalue weighted by Gasteiger charge is -2.32. The molecule has 32 heavy (non-hydrogen) atoms. The monoisotopic (exact) mass is 424 g/mol. The number of nitrogens with zero attached hydrogens (tertiary/aromatic N) is 6. The summed E-state index contributed by atoms with van der Waals surface area (Å²) < 4.78 is 5.64. The Labute approximate surface area is 186 Å². The first kappa shape index (κ1) is 19.1. The third kappa shape index (κ3) is 3.53. The van der Waals surface area contributed by atoms with Gasteiger partial charge in [0.2, 0.25) is 11.7 Å². The Morgan fingerprint density at radius 1 is 0.812 bits per heavy atom. The molecule has 6 rings (SSSR count). The van der Waals surface area contributed by atoms with Crippen LogP contribution in [0.5, 0.6) is 0 Å². The molecule has 1 aromatic carbocycles. The van der Waals surface area contributed by atoms with Crippen LogP contribution in [0.1, 0.15) is 42.3 Å². The van der Waals surface area contributed by atoms with Gasteiger partial charge in [0.05, 0.1) is 0 Å². The van der Waals surface area contributed by atoms with Gasteiger partial charge in [-0.25, -0.2) is 9.97 Å². The number of aryl methyl sites for hydroxylation is 1. The highest BCUT2D eigenvalue weighted by Gasteiger charge is 2.29. The molecule has 0 unspecified atom stereocenters. The highest BCUT2D eigenvalue weighted by atomic mass is 16.5. The fraction of sp³-hybridized carbons (Fsp3) is 0.320. The fourth-order valence-electron chi connectivity index (χ4n) is 4.75. The van der Waals surface area contributed by atoms with Gasteiger partial charge in [-0.2, -0.15) is 4.98 Å². The van der Waals surface area contributed by atoms with E-state index in [-0.39, 0.29) is 5.92 Å². The summed E-state index contributed by atoms with van der Waals surface area (Å²) in [7, 11) is 0. The van der Waals surface area contributed by atoms with Crippen LogP contribution in [0.3, 0.4) is 0 Å². The molecule has 2 aliphatic rings. The summed E-state index contributed by atoms with van der Waals surface area (Å²) in [6.45, 7) is 1.85. The number of aromatic nitrogens is 5. The van der Waals surface area contributed by atoms with Crippen LogP contribution in [0.2, 0.25) is 0 Å². The molecule has 0 spiro atoms. The molecule has 0 atom stereocenters. The second kappa shape index (κ2) is 8.15. The molecule has 1 saturated heterocycles. The predicted molar refractivity (Wildman–Crippen MR) is 121 cm³/mol. The van der Waals surface area contributed by atoms with Gasteiger partial charge < -0.3 is 9.42 Å². The Morgan fingerprint density at radius 2 is 1.59 bits per heavy atom. The van der Waals surface area contributed by atoms with E-state index in [4.69, 9.17) is 14.5 Å². The molecule has 4 heterocycles. The summed E-state index contributed by atoms with van der Waals surface area (Å²) in [5.41, 5.74) is 4.53. The quantitative estimate of drug-likeness (QED) is 0.478. The fourth-order valence-corrected chi connectivity index (χ4v) is 4.75. The number of benzene rings is 1. The summed E-state index contributed by atoms with van der Waals surface area (Å²) in [5.74, 6) is 3.60. The van der Waals surface area contributed by atoms with E-state index in [2.05, 4.69) is 20.0 Å². The van der Waals surface area contributed by atoms with Crippen molar-refractivity contribution >= 4 is 5.82 Å². The third-order valence-corrected chi connectivity index (χ3v) is 6.47. The van der Waals surface area contributed by atoms with Crippen molar-refractivity contribution in [1.29, 1.82) is 0 Å². The Bertz CT molecular complexity index is 1220. The smallest absolute Gasteiger partial charge is 0.230 e. The summed E-state index contributed by atoms with van der Waals surface area (Å²) >= 11 is 0. The number of piperidine rings is 1. The summed E-state index contributed by atoms with van der Waals surface area (Å²) in [6, 6.07) is 13.9. The van der Waals surface area contributed by atoms with Crippen molar-refractivity contribution in [2.45, 2.75) is 38.0 Å². The van der Waals surface area contributed by atoms with Gasteiger partial charge in [-0.15, -0.1) is 0 Å². The van der Waals surface area contributed by atoms with Gasteiger partial charge in [0.25, 0.3) is 0 Å². The van der Waals surface area contributed by atoms with E-state index >= 15 is 0 Å². The number of pyridine rings is 1. The topological polar surface area (TPSA) is 80.8 Å². The van der Waals surface area contributed by atoms with Crippen LogP contribution in [0.15, 0.2) is 59.4 Å². The molecule has 4 aromatic rings. The third-order valence-electron chi connectivity index (χ3n) is 6.47. The highest BCUT2D eigenvalue weighted by molar-refractivity contribution is 5.61. The highest BCUT2D eigenvalue weighted by Crippen LogP contribution is 2.35. The zero-order chi connectivity index (χ0) is 21.3. The molecule has 0 bridgehead atoms. The zero-order valence-electron chi connectivity index (χ0n) is 17.8. The van der Waals surface area contributed by atoms with Gasteiger partial charge in [0.15, 0.2) is 5.82 Å². The molecule has 0 radical (unpaired) electrons. The Balaban J connectivity index is 1.22. The Morgan fingerprint density at radius 3 is 2.41 bits per heavy atom. The van der Waals surface area contributed by atoms with Gasteiger partial charge in [0.1, 0.15) is 5.82 Å². The largest absolute Gasteiger partial charge is 0.356 e. The van der Waals surface area contributed by atoms with E-state index in [0.717, 1.165) is 73.9 Å². The summed E-state index contributed by atoms with van der Waals surface area (Å²) in [4.78, 5) is 21.1. The first-order chi connectivity index (χ1) is 15.8. The van der Waals surface area contributed by atoms with Crippen molar-refractivity contribution in [2.75, 3.05) is 18.0 Å². The lowest BCUT2D eigenvalue weighted by atomic mass is 9.96. The van der Waals surface area contributed by atoms with Crippen molar-refractivity contribution in [3.05, 3.63) is 72.0 Å². The number of anilines is 1. The van der Waals surface area contributed by atoms with Crippen LogP contribution in [0.4, 0.5) is 5.82 Å². The number of hydrogen-bond donors (Lipinski definition) is 0. The zero-order valence-corrected chi connectivity index (χ0v) is 17.8. The normalized spacial score (nSPS) is 16.3. The van der Waals surface area contributed by atoms with E-state index in [0.29, 0.717) is 5.82 Å². The van der Waals surface area contributed by atoms with Gasteiger partial charge in [0, 0.05) is 53.8 Å². The lowest BCUT2D eigenvalue weighted by molar-refractivity contribution is 0.329. The van der Waals surface area contributed by atoms with Crippen LogP contribution in [-0.2, 0) is 12.8 Å². The van der Waals surface area contributed by atoms with Crippen LogP contribution in [0, 0.1) is 0 Å². The lowest BCUT2D eigenvalue weighted by Crippen LogP contribution is -2.34. The van der Waals surface area contributed by atoms with Crippen molar-refractivity contribution in [1.82, 2.24) is 25.1 Å². The average molecular weight is 425 g/mol. The summed E-state index contributed by atoms with van der Waals surface area (Å²) in [5, 5.41) is 4.21. The average Bonchev–Trinajstić information content (AvgIpc) is 3.55. The minimum absolute atomic E-state index is 0.283.